The van der Waals surface area contributed by atoms with Crippen molar-refractivity contribution in [2.24, 2.45) is 0 Å². The van der Waals surface area contributed by atoms with Crippen molar-refractivity contribution in [1.29, 1.82) is 0 Å². The predicted octanol–water partition coefficient (Wildman–Crippen LogP) is 14.3. The molecule has 9 aromatic rings. The topological polar surface area (TPSA) is 25.6 Å². The number of hydrogen-bond acceptors (Lipinski definition) is 3. The Morgan fingerprint density at radius 2 is 1.14 bits per heavy atom. The second kappa shape index (κ2) is 15.2. The van der Waals surface area contributed by atoms with Crippen LogP contribution in [0.3, 0.4) is 0 Å². The van der Waals surface area contributed by atoms with Crippen LogP contribution in [0.25, 0.3) is 66.4 Å². The normalized spacial score (nSPS) is 15.1. The molecule has 0 spiro atoms. The fourth-order valence-electron chi connectivity index (χ4n) is 8.45. The van der Waals surface area contributed by atoms with Crippen LogP contribution >= 0.6 is 0 Å². The number of anilines is 3. The Bertz CT molecular complexity index is 3000. The van der Waals surface area contributed by atoms with Gasteiger partial charge in [0, 0.05) is 39.3 Å². The van der Waals surface area contributed by atoms with E-state index in [4.69, 9.17) is 9.15 Å². The molecule has 2 heterocycles. The van der Waals surface area contributed by atoms with Crippen LogP contribution in [0.4, 0.5) is 17.1 Å². The molecule has 1 aromatic heterocycles. The molecule has 0 radical (unpaired) electrons. The van der Waals surface area contributed by atoms with Gasteiger partial charge in [-0.15, -0.1) is 17.7 Å². The Morgan fingerprint density at radius 1 is 0.466 bits per heavy atom. The van der Waals surface area contributed by atoms with E-state index >= 15 is 0 Å². The molecule has 0 bridgehead atoms. The van der Waals surface area contributed by atoms with Crippen LogP contribution in [0.2, 0.25) is 0 Å². The molecule has 2 aliphatic rings. The number of para-hydroxylation sites is 2. The second-order valence-electron chi connectivity index (χ2n) is 14.7. The molecule has 1 aliphatic heterocycles. The summed E-state index contributed by atoms with van der Waals surface area (Å²) in [7, 11) is 0. The molecule has 2 atom stereocenters. The molecule has 0 saturated heterocycles. The molecule has 272 valence electrons. The van der Waals surface area contributed by atoms with Gasteiger partial charge in [0.25, 0.3) is 0 Å². The van der Waals surface area contributed by atoms with Crippen LogP contribution in [-0.4, -0.2) is 6.10 Å². The molecule has 58 heavy (non-hydrogen) atoms. The predicted molar refractivity (Wildman–Crippen MR) is 233 cm³/mol. The summed E-state index contributed by atoms with van der Waals surface area (Å²) in [4.78, 5) is 2.33. The van der Waals surface area contributed by atoms with Gasteiger partial charge in [-0.25, -0.2) is 11.1 Å². The first-order chi connectivity index (χ1) is 28.2. The van der Waals surface area contributed by atoms with Crippen molar-refractivity contribution in [3.8, 4) is 50.3 Å². The second-order valence-corrected chi connectivity index (χ2v) is 14.7. The molecular weight excluding hydrogens is 933 g/mol. The van der Waals surface area contributed by atoms with Gasteiger partial charge in [-0.1, -0.05) is 91.0 Å². The number of allylic oxidation sites excluding steroid dienone is 2. The Hall–Kier alpha value is -6.31. The molecule has 11 rings (SSSR count). The van der Waals surface area contributed by atoms with Gasteiger partial charge in [0.1, 0.15) is 23.0 Å². The van der Waals surface area contributed by atoms with Crippen molar-refractivity contribution in [2.45, 2.75) is 12.0 Å². The molecule has 2 unspecified atom stereocenters. The zero-order chi connectivity index (χ0) is 37.7. The Kier molecular flexibility index (Phi) is 9.46. The number of rotatable bonds is 6. The summed E-state index contributed by atoms with van der Waals surface area (Å²) in [6.07, 6.45) is 8.61. The number of furan rings is 1. The minimum Gasteiger partial charge on any atom is -0.485 e. The van der Waals surface area contributed by atoms with Crippen LogP contribution < -0.4 is 9.64 Å². The van der Waals surface area contributed by atoms with E-state index in [-0.39, 0.29) is 43.1 Å². The molecule has 0 N–H and O–H groups in total. The minimum absolute atomic E-state index is 0. The maximum atomic E-state index is 6.56. The summed E-state index contributed by atoms with van der Waals surface area (Å²) < 4.78 is 12.8. The van der Waals surface area contributed by atoms with Crippen molar-refractivity contribution >= 4 is 39.0 Å². The number of hydrogen-bond donors (Lipinski definition) is 0. The summed E-state index contributed by atoms with van der Waals surface area (Å²) >= 11 is 0. The fraction of sp³-hybridized carbons (Fsp3) is 0.0370. The first kappa shape index (κ1) is 36.1. The number of fused-ring (bicyclic) bond motifs is 8. The maximum Gasteiger partial charge on any atom is 2.00 e. The van der Waals surface area contributed by atoms with E-state index in [1.165, 1.54) is 16.7 Å². The summed E-state index contributed by atoms with van der Waals surface area (Å²) in [6.45, 7) is 0. The Balaban J connectivity index is 0.00000408. The number of benzene rings is 8. The van der Waals surface area contributed by atoms with Crippen molar-refractivity contribution in [1.82, 2.24) is 0 Å². The van der Waals surface area contributed by atoms with Gasteiger partial charge in [0.15, 0.2) is 0 Å². The summed E-state index contributed by atoms with van der Waals surface area (Å²) in [5, 5.41) is 2.20. The van der Waals surface area contributed by atoms with Crippen molar-refractivity contribution in [2.75, 3.05) is 4.90 Å². The third kappa shape index (κ3) is 6.49. The molecule has 0 amide bonds. The Labute approximate surface area is 361 Å². The van der Waals surface area contributed by atoms with Gasteiger partial charge in [-0.2, -0.15) is 42.5 Å². The number of ether oxygens (including phenoxy) is 1. The van der Waals surface area contributed by atoms with E-state index in [2.05, 4.69) is 175 Å². The average Bonchev–Trinajstić information content (AvgIpc) is 3.59. The van der Waals surface area contributed by atoms with Crippen LogP contribution in [-0.2, 0) is 0 Å². The van der Waals surface area contributed by atoms with Gasteiger partial charge in [0.05, 0.1) is 0 Å². The van der Waals surface area contributed by atoms with E-state index < -0.39 is 0 Å². The van der Waals surface area contributed by atoms with Crippen molar-refractivity contribution < 1.29 is 40.3 Å². The average molecular weight is 968 g/mol. The summed E-state index contributed by atoms with van der Waals surface area (Å²) in [5.41, 5.74) is 15.2. The van der Waals surface area contributed by atoms with Crippen LogP contribution in [0.5, 0.6) is 5.75 Å². The van der Waals surface area contributed by atoms with E-state index in [1.54, 1.807) is 0 Å². The van der Waals surface area contributed by atoms with Crippen LogP contribution in [0, 0.1) is 43.2 Å². The maximum absolute atomic E-state index is 6.56. The monoisotopic (exact) mass is 967 g/mol. The van der Waals surface area contributed by atoms with E-state index in [0.29, 0.717) is 0 Å². The van der Waals surface area contributed by atoms with Crippen molar-refractivity contribution in [3.05, 3.63) is 218 Å². The van der Waals surface area contributed by atoms with E-state index in [9.17, 15) is 0 Å². The fourth-order valence-corrected chi connectivity index (χ4v) is 8.45. The first-order valence-corrected chi connectivity index (χ1v) is 19.4. The standard InChI is InChI=1S/C54H35NO2.U/c1-2-11-36(12-3-1)39-13-10-14-40(33-39)37-21-26-42(27-22-37)55(44-30-32-54-50(35-44)48-17-6-9-20-53(48)57-54)43-28-23-38(24-29-43)41-25-31-45-46-15-4-7-18-51(46)56-52-19-8-5-16-47(52)49(45)34-41;/h1-11,14-35,47,52H;/q-2;+2. The summed E-state index contributed by atoms with van der Waals surface area (Å²) in [6, 6.07) is 68.8. The zero-order valence-electron chi connectivity index (χ0n) is 31.5. The largest absolute Gasteiger partial charge is 2.00 e. The van der Waals surface area contributed by atoms with Gasteiger partial charge in [-0.05, 0) is 94.6 Å². The summed E-state index contributed by atoms with van der Waals surface area (Å²) in [5.74, 6) is 1.05. The molecule has 1 aliphatic carbocycles. The molecular formula is C54H35NO2U. The zero-order valence-corrected chi connectivity index (χ0v) is 35.6. The van der Waals surface area contributed by atoms with Gasteiger partial charge < -0.3 is 14.1 Å². The van der Waals surface area contributed by atoms with E-state index in [0.717, 1.165) is 78.1 Å². The third-order valence-corrected chi connectivity index (χ3v) is 11.3. The van der Waals surface area contributed by atoms with Gasteiger partial charge in [0.2, 0.25) is 0 Å². The molecule has 0 saturated carbocycles. The number of nitrogens with zero attached hydrogens (tertiary/aromatic N) is 1. The SMILES string of the molecule is [U+2].[c-]1ccccc1-c1[c-]ccc(-c2ccc(N(c3ccc(-c4ccc5c(c4)C4C=CC=CC4Oc4ccccc4-5)cc3)c3ccc4oc5ccccc5c4c3)cc2)c1. The van der Waals surface area contributed by atoms with Gasteiger partial charge in [-0.3, -0.25) is 0 Å². The molecule has 8 aromatic carbocycles. The first-order valence-electron chi connectivity index (χ1n) is 19.4. The minimum atomic E-state index is -0.0516. The molecule has 4 heteroatoms. The van der Waals surface area contributed by atoms with E-state index in [1.807, 2.05) is 42.5 Å². The van der Waals surface area contributed by atoms with Crippen LogP contribution in [0.15, 0.2) is 205 Å². The third-order valence-electron chi connectivity index (χ3n) is 11.3. The van der Waals surface area contributed by atoms with Crippen molar-refractivity contribution in [3.63, 3.8) is 0 Å². The molecule has 3 nitrogen and oxygen atoms in total. The quantitative estimate of drug-likeness (QED) is 0.155. The Morgan fingerprint density at radius 3 is 1.95 bits per heavy atom. The smallest absolute Gasteiger partial charge is 0.485 e. The molecule has 0 fully saturated rings. The van der Waals surface area contributed by atoms with Crippen LogP contribution in [0.1, 0.15) is 11.5 Å². The van der Waals surface area contributed by atoms with Gasteiger partial charge >= 0.3 is 31.1 Å².